The van der Waals surface area contributed by atoms with Gasteiger partial charge in [0.1, 0.15) is 5.60 Å². The maximum atomic E-state index is 9.34. The van der Waals surface area contributed by atoms with Crippen LogP contribution in [0.5, 0.6) is 0 Å². The Labute approximate surface area is 55.8 Å². The molecular formula is C6H15NO2. The molecule has 0 bridgehead atoms. The lowest BCUT2D eigenvalue weighted by atomic mass is 9.90. The van der Waals surface area contributed by atoms with Gasteiger partial charge < -0.3 is 5.11 Å². The summed E-state index contributed by atoms with van der Waals surface area (Å²) in [7, 11) is 0. The summed E-state index contributed by atoms with van der Waals surface area (Å²) in [6, 6.07) is 0. The Bertz CT molecular complexity index is 93.7. The largest absolute Gasteiger partial charge is 0.387 e. The third-order valence-electron chi connectivity index (χ3n) is 1.77. The van der Waals surface area contributed by atoms with Crippen LogP contribution in [-0.4, -0.2) is 16.3 Å². The second-order valence-electron chi connectivity index (χ2n) is 3.19. The van der Waals surface area contributed by atoms with Gasteiger partial charge in [-0.2, -0.15) is 0 Å². The van der Waals surface area contributed by atoms with E-state index in [2.05, 4.69) is 4.84 Å². The fourth-order valence-corrected chi connectivity index (χ4v) is 0.144. The SMILES string of the molecule is CC(C)(O)C(C)(C)ON. The van der Waals surface area contributed by atoms with Gasteiger partial charge in [0, 0.05) is 0 Å². The first-order chi connectivity index (χ1) is 3.81. The third-order valence-corrected chi connectivity index (χ3v) is 1.77. The standard InChI is InChI=1S/C6H15NO2/c1-5(2,8)6(3,4)9-7/h8H,7H2,1-4H3. The highest BCUT2D eigenvalue weighted by Crippen LogP contribution is 2.22. The minimum absolute atomic E-state index is 0.688. The summed E-state index contributed by atoms with van der Waals surface area (Å²) >= 11 is 0. The fraction of sp³-hybridized carbons (Fsp3) is 1.00. The van der Waals surface area contributed by atoms with Gasteiger partial charge in [0.05, 0.1) is 5.60 Å². The summed E-state index contributed by atoms with van der Waals surface area (Å²) in [5, 5.41) is 9.34. The van der Waals surface area contributed by atoms with Crippen LogP contribution in [0, 0.1) is 0 Å². The average Bonchev–Trinajstić information content (AvgIpc) is 1.64. The van der Waals surface area contributed by atoms with Crippen molar-refractivity contribution in [2.75, 3.05) is 0 Å². The molecule has 0 aliphatic heterocycles. The van der Waals surface area contributed by atoms with E-state index in [4.69, 9.17) is 5.90 Å². The van der Waals surface area contributed by atoms with E-state index >= 15 is 0 Å². The molecule has 0 aromatic rings. The Balaban J connectivity index is 4.14. The van der Waals surface area contributed by atoms with Crippen LogP contribution >= 0.6 is 0 Å². The molecule has 0 heterocycles. The van der Waals surface area contributed by atoms with E-state index in [9.17, 15) is 5.11 Å². The molecule has 0 radical (unpaired) electrons. The topological polar surface area (TPSA) is 55.5 Å². The maximum Gasteiger partial charge on any atom is 0.112 e. The number of hydrogen-bond acceptors (Lipinski definition) is 3. The van der Waals surface area contributed by atoms with Crippen molar-refractivity contribution in [3.8, 4) is 0 Å². The van der Waals surface area contributed by atoms with Crippen molar-refractivity contribution < 1.29 is 9.94 Å². The molecule has 0 aliphatic carbocycles. The van der Waals surface area contributed by atoms with Gasteiger partial charge in [-0.1, -0.05) is 0 Å². The molecule has 9 heavy (non-hydrogen) atoms. The Kier molecular flexibility index (Phi) is 2.22. The molecule has 0 fully saturated rings. The zero-order valence-corrected chi connectivity index (χ0v) is 6.43. The van der Waals surface area contributed by atoms with E-state index in [-0.39, 0.29) is 0 Å². The first kappa shape index (κ1) is 8.88. The van der Waals surface area contributed by atoms with Gasteiger partial charge in [-0.3, -0.25) is 4.84 Å². The third kappa shape index (κ3) is 1.93. The van der Waals surface area contributed by atoms with Crippen LogP contribution in [0.1, 0.15) is 27.7 Å². The van der Waals surface area contributed by atoms with Gasteiger partial charge in [0.15, 0.2) is 0 Å². The van der Waals surface area contributed by atoms with Crippen molar-refractivity contribution >= 4 is 0 Å². The molecule has 0 aromatic heterocycles. The van der Waals surface area contributed by atoms with E-state index in [1.807, 2.05) is 0 Å². The van der Waals surface area contributed by atoms with Gasteiger partial charge in [-0.25, -0.2) is 5.90 Å². The van der Waals surface area contributed by atoms with Crippen LogP contribution < -0.4 is 5.90 Å². The highest BCUT2D eigenvalue weighted by Gasteiger charge is 2.35. The van der Waals surface area contributed by atoms with Crippen LogP contribution in [0.2, 0.25) is 0 Å². The predicted octanol–water partition coefficient (Wildman–Crippen LogP) is 0.426. The number of rotatable bonds is 2. The number of hydrogen-bond donors (Lipinski definition) is 2. The van der Waals surface area contributed by atoms with Crippen molar-refractivity contribution in [1.82, 2.24) is 0 Å². The Morgan fingerprint density at radius 3 is 1.56 bits per heavy atom. The summed E-state index contributed by atoms with van der Waals surface area (Å²) in [6.07, 6.45) is 0. The summed E-state index contributed by atoms with van der Waals surface area (Å²) in [6.45, 7) is 6.76. The zero-order valence-electron chi connectivity index (χ0n) is 6.43. The molecule has 0 spiro atoms. The van der Waals surface area contributed by atoms with Crippen LogP contribution in [-0.2, 0) is 4.84 Å². The molecule has 0 atom stereocenters. The van der Waals surface area contributed by atoms with Crippen LogP contribution in [0.25, 0.3) is 0 Å². The van der Waals surface area contributed by atoms with Crippen LogP contribution in [0.3, 0.4) is 0 Å². The van der Waals surface area contributed by atoms with Crippen LogP contribution in [0.15, 0.2) is 0 Å². The molecule has 3 N–H and O–H groups in total. The van der Waals surface area contributed by atoms with Crippen LogP contribution in [0.4, 0.5) is 0 Å². The van der Waals surface area contributed by atoms with Gasteiger partial charge >= 0.3 is 0 Å². The monoisotopic (exact) mass is 133 g/mol. The molecule has 56 valence electrons. The van der Waals surface area contributed by atoms with Crippen molar-refractivity contribution in [2.45, 2.75) is 38.9 Å². The Hall–Kier alpha value is -0.120. The summed E-state index contributed by atoms with van der Waals surface area (Å²) in [5.41, 5.74) is -1.59. The molecule has 0 aliphatic rings. The first-order valence-electron chi connectivity index (χ1n) is 2.91. The van der Waals surface area contributed by atoms with Gasteiger partial charge in [-0.05, 0) is 27.7 Å². The van der Waals surface area contributed by atoms with Crippen molar-refractivity contribution in [1.29, 1.82) is 0 Å². The summed E-state index contributed by atoms with van der Waals surface area (Å²) < 4.78 is 0. The summed E-state index contributed by atoms with van der Waals surface area (Å²) in [4.78, 5) is 4.55. The van der Waals surface area contributed by atoms with E-state index in [0.29, 0.717) is 0 Å². The molecule has 3 heteroatoms. The molecule has 0 unspecified atom stereocenters. The molecule has 0 aromatic carbocycles. The molecule has 0 rings (SSSR count). The van der Waals surface area contributed by atoms with E-state index in [1.54, 1.807) is 27.7 Å². The van der Waals surface area contributed by atoms with Crippen molar-refractivity contribution in [3.05, 3.63) is 0 Å². The quantitative estimate of drug-likeness (QED) is 0.537. The number of aliphatic hydroxyl groups is 1. The highest BCUT2D eigenvalue weighted by atomic mass is 16.6. The molecule has 3 nitrogen and oxygen atoms in total. The predicted molar refractivity (Wildman–Crippen MR) is 35.6 cm³/mol. The fourth-order valence-electron chi connectivity index (χ4n) is 0.144. The molecular weight excluding hydrogens is 118 g/mol. The van der Waals surface area contributed by atoms with Gasteiger partial charge in [-0.15, -0.1) is 0 Å². The minimum atomic E-state index is -0.901. The lowest BCUT2D eigenvalue weighted by Gasteiger charge is -2.34. The number of nitrogens with two attached hydrogens (primary N) is 1. The normalized spacial score (nSPS) is 14.0. The zero-order chi connectivity index (χ0) is 7.71. The van der Waals surface area contributed by atoms with E-state index in [1.165, 1.54) is 0 Å². The smallest absolute Gasteiger partial charge is 0.112 e. The highest BCUT2D eigenvalue weighted by molar-refractivity contribution is 4.86. The van der Waals surface area contributed by atoms with E-state index in [0.717, 1.165) is 0 Å². The second kappa shape index (κ2) is 2.25. The lowest BCUT2D eigenvalue weighted by Crippen LogP contribution is -2.48. The molecule has 0 amide bonds. The second-order valence-corrected chi connectivity index (χ2v) is 3.19. The van der Waals surface area contributed by atoms with Gasteiger partial charge in [0.25, 0.3) is 0 Å². The first-order valence-corrected chi connectivity index (χ1v) is 2.91. The average molecular weight is 133 g/mol. The van der Waals surface area contributed by atoms with Crippen molar-refractivity contribution in [2.24, 2.45) is 5.90 Å². The van der Waals surface area contributed by atoms with E-state index < -0.39 is 11.2 Å². The maximum absolute atomic E-state index is 9.34. The molecule has 0 saturated heterocycles. The Morgan fingerprint density at radius 2 is 1.56 bits per heavy atom. The summed E-state index contributed by atoms with van der Waals surface area (Å²) in [5.74, 6) is 4.93. The Morgan fingerprint density at radius 1 is 1.22 bits per heavy atom. The minimum Gasteiger partial charge on any atom is -0.387 e. The van der Waals surface area contributed by atoms with Crippen molar-refractivity contribution in [3.63, 3.8) is 0 Å². The lowest BCUT2D eigenvalue weighted by molar-refractivity contribution is -0.149. The molecule has 0 saturated carbocycles. The van der Waals surface area contributed by atoms with Gasteiger partial charge in [0.2, 0.25) is 0 Å².